The predicted molar refractivity (Wildman–Crippen MR) is 85.4 cm³/mol. The van der Waals surface area contributed by atoms with Gasteiger partial charge in [-0.05, 0) is 54.3 Å². The molecule has 2 nitrogen and oxygen atoms in total. The number of halogens is 1. The Balaban J connectivity index is 1.80. The fraction of sp³-hybridized carbons (Fsp3) is 0.235. The van der Waals surface area contributed by atoms with E-state index in [-0.39, 0.29) is 5.78 Å². The molecule has 1 aliphatic heterocycles. The highest BCUT2D eigenvalue weighted by atomic mass is 79.9. The molecular formula is C17H16BrNO. The first-order valence-corrected chi connectivity index (χ1v) is 7.66. The lowest BCUT2D eigenvalue weighted by Gasteiger charge is -2.18. The van der Waals surface area contributed by atoms with E-state index >= 15 is 0 Å². The summed E-state index contributed by atoms with van der Waals surface area (Å²) in [6.07, 6.45) is 2.64. The molecule has 2 aromatic rings. The van der Waals surface area contributed by atoms with Crippen molar-refractivity contribution in [2.75, 3.05) is 11.9 Å². The van der Waals surface area contributed by atoms with Crippen LogP contribution < -0.4 is 5.32 Å². The molecular weight excluding hydrogens is 314 g/mol. The highest BCUT2D eigenvalue weighted by molar-refractivity contribution is 9.10. The van der Waals surface area contributed by atoms with Crippen molar-refractivity contribution in [2.24, 2.45) is 0 Å². The Morgan fingerprint density at radius 2 is 2.10 bits per heavy atom. The van der Waals surface area contributed by atoms with Gasteiger partial charge >= 0.3 is 0 Å². The largest absolute Gasteiger partial charge is 0.385 e. The third kappa shape index (κ3) is 2.93. The van der Waals surface area contributed by atoms with E-state index in [0.717, 1.165) is 35.0 Å². The van der Waals surface area contributed by atoms with E-state index in [0.29, 0.717) is 6.42 Å². The fourth-order valence-corrected chi connectivity index (χ4v) is 3.03. The minimum absolute atomic E-state index is 0.177. The molecule has 1 aliphatic rings. The molecule has 0 aliphatic carbocycles. The summed E-state index contributed by atoms with van der Waals surface area (Å²) < 4.78 is 1.01. The summed E-state index contributed by atoms with van der Waals surface area (Å²) in [5, 5.41) is 3.37. The Labute approximate surface area is 127 Å². The molecule has 1 N–H and O–H groups in total. The summed E-state index contributed by atoms with van der Waals surface area (Å²) in [7, 11) is 0. The molecule has 20 heavy (non-hydrogen) atoms. The maximum Gasteiger partial charge on any atom is 0.167 e. The first-order valence-electron chi connectivity index (χ1n) is 6.87. The number of fused-ring (bicyclic) bond motifs is 1. The number of nitrogens with one attached hydrogen (secondary N) is 1. The van der Waals surface area contributed by atoms with E-state index in [9.17, 15) is 4.79 Å². The number of carbonyl (C=O) groups is 1. The standard InChI is InChI=1S/C17H16BrNO/c18-15-5-1-3-12(9-15)10-17(20)14-6-7-16-13(11-14)4-2-8-19-16/h1,3,5-7,9,11,19H,2,4,8,10H2. The van der Waals surface area contributed by atoms with Crippen molar-refractivity contribution < 1.29 is 4.79 Å². The SMILES string of the molecule is O=C(Cc1cccc(Br)c1)c1ccc2c(c1)CCCN2. The maximum atomic E-state index is 12.4. The highest BCUT2D eigenvalue weighted by Crippen LogP contribution is 2.23. The van der Waals surface area contributed by atoms with Crippen LogP contribution in [0.5, 0.6) is 0 Å². The smallest absolute Gasteiger partial charge is 0.167 e. The van der Waals surface area contributed by atoms with Gasteiger partial charge in [0.1, 0.15) is 0 Å². The van der Waals surface area contributed by atoms with Gasteiger partial charge in [0.2, 0.25) is 0 Å². The van der Waals surface area contributed by atoms with Crippen LogP contribution in [0, 0.1) is 0 Å². The Morgan fingerprint density at radius 3 is 2.95 bits per heavy atom. The van der Waals surface area contributed by atoms with Crippen molar-refractivity contribution in [2.45, 2.75) is 19.3 Å². The van der Waals surface area contributed by atoms with Crippen LogP contribution in [-0.2, 0) is 12.8 Å². The molecule has 0 aromatic heterocycles. The molecule has 0 saturated heterocycles. The van der Waals surface area contributed by atoms with Crippen LogP contribution >= 0.6 is 15.9 Å². The number of rotatable bonds is 3. The number of ketones is 1. The van der Waals surface area contributed by atoms with Gasteiger partial charge in [0.15, 0.2) is 5.78 Å². The second-order valence-electron chi connectivity index (χ2n) is 5.13. The van der Waals surface area contributed by atoms with Crippen LogP contribution in [0.1, 0.15) is 27.9 Å². The molecule has 0 unspecified atom stereocenters. The second-order valence-corrected chi connectivity index (χ2v) is 6.05. The van der Waals surface area contributed by atoms with E-state index in [1.54, 1.807) is 0 Å². The average Bonchev–Trinajstić information content (AvgIpc) is 2.47. The van der Waals surface area contributed by atoms with Gasteiger partial charge in [-0.3, -0.25) is 4.79 Å². The van der Waals surface area contributed by atoms with Crippen molar-refractivity contribution in [3.8, 4) is 0 Å². The summed E-state index contributed by atoms with van der Waals surface area (Å²) in [5.41, 5.74) is 4.29. The van der Waals surface area contributed by atoms with Gasteiger partial charge in [-0.1, -0.05) is 28.1 Å². The Morgan fingerprint density at radius 1 is 1.20 bits per heavy atom. The number of anilines is 1. The molecule has 0 radical (unpaired) electrons. The van der Waals surface area contributed by atoms with Crippen LogP contribution in [0.3, 0.4) is 0 Å². The summed E-state index contributed by atoms with van der Waals surface area (Å²) in [6, 6.07) is 13.9. The predicted octanol–water partition coefficient (Wildman–Crippen LogP) is 4.23. The molecule has 0 amide bonds. The monoisotopic (exact) mass is 329 g/mol. The summed E-state index contributed by atoms with van der Waals surface area (Å²) in [6.45, 7) is 1.03. The number of hydrogen-bond acceptors (Lipinski definition) is 2. The van der Waals surface area contributed by atoms with Crippen LogP contribution in [0.2, 0.25) is 0 Å². The van der Waals surface area contributed by atoms with Crippen LogP contribution in [0.25, 0.3) is 0 Å². The maximum absolute atomic E-state index is 12.4. The molecule has 2 aromatic carbocycles. The lowest BCUT2D eigenvalue weighted by molar-refractivity contribution is 0.0993. The highest BCUT2D eigenvalue weighted by Gasteiger charge is 2.13. The van der Waals surface area contributed by atoms with E-state index < -0.39 is 0 Å². The van der Waals surface area contributed by atoms with E-state index in [1.807, 2.05) is 42.5 Å². The third-order valence-corrected chi connectivity index (χ3v) is 4.11. The van der Waals surface area contributed by atoms with Crippen molar-refractivity contribution in [1.29, 1.82) is 0 Å². The van der Waals surface area contributed by atoms with E-state index in [4.69, 9.17) is 0 Å². The van der Waals surface area contributed by atoms with Crippen molar-refractivity contribution >= 4 is 27.4 Å². The molecule has 0 spiro atoms. The molecule has 3 heteroatoms. The van der Waals surface area contributed by atoms with Gasteiger partial charge < -0.3 is 5.32 Å². The lowest BCUT2D eigenvalue weighted by Crippen LogP contribution is -2.13. The van der Waals surface area contributed by atoms with Gasteiger partial charge in [-0.25, -0.2) is 0 Å². The van der Waals surface area contributed by atoms with Crippen LogP contribution in [-0.4, -0.2) is 12.3 Å². The quantitative estimate of drug-likeness (QED) is 0.853. The first kappa shape index (κ1) is 13.4. The Hall–Kier alpha value is -1.61. The topological polar surface area (TPSA) is 29.1 Å². The molecule has 0 atom stereocenters. The van der Waals surface area contributed by atoms with Gasteiger partial charge in [-0.15, -0.1) is 0 Å². The normalized spacial score (nSPS) is 13.4. The van der Waals surface area contributed by atoms with Crippen LogP contribution in [0.4, 0.5) is 5.69 Å². The fourth-order valence-electron chi connectivity index (χ4n) is 2.58. The number of Topliss-reactive ketones (excluding diaryl/α,β-unsaturated/α-hetero) is 1. The summed E-state index contributed by atoms with van der Waals surface area (Å²) in [4.78, 5) is 12.4. The summed E-state index contributed by atoms with van der Waals surface area (Å²) in [5.74, 6) is 0.177. The zero-order valence-electron chi connectivity index (χ0n) is 11.2. The van der Waals surface area contributed by atoms with E-state index in [2.05, 4.69) is 21.2 Å². The van der Waals surface area contributed by atoms with Gasteiger partial charge in [0.05, 0.1) is 0 Å². The van der Waals surface area contributed by atoms with Crippen molar-refractivity contribution in [3.63, 3.8) is 0 Å². The van der Waals surface area contributed by atoms with E-state index in [1.165, 1.54) is 11.3 Å². The molecule has 0 fully saturated rings. The zero-order valence-corrected chi connectivity index (χ0v) is 12.7. The number of carbonyl (C=O) groups excluding carboxylic acids is 1. The minimum atomic E-state index is 0.177. The van der Waals surface area contributed by atoms with Gasteiger partial charge in [0.25, 0.3) is 0 Å². The number of benzene rings is 2. The zero-order chi connectivity index (χ0) is 13.9. The second kappa shape index (κ2) is 5.80. The first-order chi connectivity index (χ1) is 9.72. The number of hydrogen-bond donors (Lipinski definition) is 1. The Kier molecular flexibility index (Phi) is 3.88. The minimum Gasteiger partial charge on any atom is -0.385 e. The molecule has 0 saturated carbocycles. The molecule has 3 rings (SSSR count). The average molecular weight is 330 g/mol. The number of aryl methyl sites for hydroxylation is 1. The van der Waals surface area contributed by atoms with Gasteiger partial charge in [0, 0.05) is 28.7 Å². The van der Waals surface area contributed by atoms with Crippen molar-refractivity contribution in [1.82, 2.24) is 0 Å². The molecule has 1 heterocycles. The van der Waals surface area contributed by atoms with Crippen LogP contribution in [0.15, 0.2) is 46.9 Å². The van der Waals surface area contributed by atoms with Crippen molar-refractivity contribution in [3.05, 3.63) is 63.6 Å². The molecule has 0 bridgehead atoms. The van der Waals surface area contributed by atoms with Gasteiger partial charge in [-0.2, -0.15) is 0 Å². The lowest BCUT2D eigenvalue weighted by atomic mass is 9.97. The Bertz CT molecular complexity index is 651. The third-order valence-electron chi connectivity index (χ3n) is 3.62. The summed E-state index contributed by atoms with van der Waals surface area (Å²) >= 11 is 3.44. The molecule has 102 valence electrons.